The highest BCUT2D eigenvalue weighted by atomic mass is 16.5. The zero-order valence-electron chi connectivity index (χ0n) is 10.2. The highest BCUT2D eigenvalue weighted by molar-refractivity contribution is 5.76. The average Bonchev–Trinajstić information content (AvgIpc) is 2.89. The summed E-state index contributed by atoms with van der Waals surface area (Å²) in [7, 11) is 0. The minimum Gasteiger partial charge on any atom is -0.376 e. The summed E-state index contributed by atoms with van der Waals surface area (Å²) in [6, 6.07) is -0.00713. The van der Waals surface area contributed by atoms with Crippen molar-refractivity contribution in [2.45, 2.75) is 32.3 Å². The van der Waals surface area contributed by atoms with Gasteiger partial charge < -0.3 is 9.64 Å². The monoisotopic (exact) mass is 237 g/mol. The van der Waals surface area contributed by atoms with E-state index in [0.717, 1.165) is 32.4 Å². The smallest absolute Gasteiger partial charge is 0.329 e. The predicted octanol–water partition coefficient (Wildman–Crippen LogP) is 1.74. The van der Waals surface area contributed by atoms with Crippen molar-refractivity contribution in [1.29, 1.82) is 0 Å². The number of amides is 1. The maximum Gasteiger partial charge on any atom is 0.329 e. The Labute approximate surface area is 101 Å². The fourth-order valence-corrected chi connectivity index (χ4v) is 2.07. The van der Waals surface area contributed by atoms with Crippen LogP contribution in [0.3, 0.4) is 0 Å². The molecule has 0 radical (unpaired) electrons. The van der Waals surface area contributed by atoms with Crippen molar-refractivity contribution in [1.82, 2.24) is 14.5 Å². The lowest BCUT2D eigenvalue weighted by molar-refractivity contribution is 0.0102. The fourth-order valence-electron chi connectivity index (χ4n) is 2.07. The van der Waals surface area contributed by atoms with E-state index in [9.17, 15) is 4.79 Å². The Morgan fingerprint density at radius 2 is 2.47 bits per heavy atom. The van der Waals surface area contributed by atoms with Gasteiger partial charge in [0.05, 0.1) is 6.10 Å². The Balaban J connectivity index is 1.90. The number of carbonyl (C=O) groups is 1. The van der Waals surface area contributed by atoms with Crippen LogP contribution in [0, 0.1) is 0 Å². The van der Waals surface area contributed by atoms with E-state index < -0.39 is 0 Å². The molecule has 0 saturated carbocycles. The fraction of sp³-hybridized carbons (Fsp3) is 0.667. The minimum atomic E-state index is -0.00713. The van der Waals surface area contributed by atoms with Crippen LogP contribution in [-0.4, -0.2) is 46.3 Å². The molecular weight excluding hydrogens is 218 g/mol. The number of ether oxygens (including phenoxy) is 1. The summed E-state index contributed by atoms with van der Waals surface area (Å²) in [6.45, 7) is 4.37. The lowest BCUT2D eigenvalue weighted by atomic mass is 10.1. The van der Waals surface area contributed by atoms with Gasteiger partial charge in [-0.3, -0.25) is 4.57 Å². The summed E-state index contributed by atoms with van der Waals surface area (Å²) in [6.07, 6.45) is 8.11. The van der Waals surface area contributed by atoms with Crippen molar-refractivity contribution in [3.8, 4) is 0 Å². The Hall–Kier alpha value is -1.36. The number of nitrogens with zero attached hydrogens (tertiary/aromatic N) is 3. The molecule has 1 aromatic rings. The van der Waals surface area contributed by atoms with Crippen molar-refractivity contribution in [2.75, 3.05) is 19.7 Å². The van der Waals surface area contributed by atoms with Gasteiger partial charge >= 0.3 is 6.03 Å². The molecule has 2 heterocycles. The highest BCUT2D eigenvalue weighted by Gasteiger charge is 2.24. The van der Waals surface area contributed by atoms with Crippen molar-refractivity contribution >= 4 is 6.03 Å². The molecule has 17 heavy (non-hydrogen) atoms. The third-order valence-electron chi connectivity index (χ3n) is 2.93. The number of rotatable bonds is 3. The first-order valence-electron chi connectivity index (χ1n) is 6.20. The average molecular weight is 237 g/mol. The van der Waals surface area contributed by atoms with Crippen LogP contribution in [-0.2, 0) is 4.74 Å². The summed E-state index contributed by atoms with van der Waals surface area (Å²) < 4.78 is 7.23. The molecule has 0 N–H and O–H groups in total. The lowest BCUT2D eigenvalue weighted by Gasteiger charge is -2.32. The second kappa shape index (κ2) is 5.82. The van der Waals surface area contributed by atoms with E-state index >= 15 is 0 Å². The van der Waals surface area contributed by atoms with E-state index in [1.807, 2.05) is 4.90 Å². The van der Waals surface area contributed by atoms with Crippen molar-refractivity contribution < 1.29 is 9.53 Å². The Kier molecular flexibility index (Phi) is 4.14. The molecule has 5 nitrogen and oxygen atoms in total. The molecule has 94 valence electrons. The molecule has 1 atom stereocenters. The molecule has 1 unspecified atom stereocenters. The Bertz CT molecular complexity index is 351. The number of aromatic nitrogens is 2. The highest BCUT2D eigenvalue weighted by Crippen LogP contribution is 2.14. The first kappa shape index (κ1) is 12.1. The van der Waals surface area contributed by atoms with Crippen LogP contribution in [0.2, 0.25) is 0 Å². The molecule has 0 bridgehead atoms. The zero-order valence-corrected chi connectivity index (χ0v) is 10.2. The maximum absolute atomic E-state index is 12.1. The Morgan fingerprint density at radius 1 is 1.59 bits per heavy atom. The van der Waals surface area contributed by atoms with Crippen LogP contribution in [0.4, 0.5) is 4.79 Å². The molecule has 0 aliphatic carbocycles. The summed E-state index contributed by atoms with van der Waals surface area (Å²) in [4.78, 5) is 17.8. The number of hydrogen-bond donors (Lipinski definition) is 0. The van der Waals surface area contributed by atoms with Gasteiger partial charge in [0.25, 0.3) is 0 Å². The van der Waals surface area contributed by atoms with Gasteiger partial charge in [-0.2, -0.15) is 0 Å². The molecule has 0 spiro atoms. The summed E-state index contributed by atoms with van der Waals surface area (Å²) in [5.74, 6) is 0. The quantitative estimate of drug-likeness (QED) is 0.804. The van der Waals surface area contributed by atoms with Crippen LogP contribution >= 0.6 is 0 Å². The number of hydrogen-bond acceptors (Lipinski definition) is 3. The zero-order chi connectivity index (χ0) is 12.1. The molecule has 1 aliphatic heterocycles. The number of likely N-dealkylation sites (tertiary alicyclic amines) is 1. The van der Waals surface area contributed by atoms with Gasteiger partial charge in [0.1, 0.15) is 6.33 Å². The lowest BCUT2D eigenvalue weighted by Crippen LogP contribution is -2.44. The van der Waals surface area contributed by atoms with Gasteiger partial charge in [0.2, 0.25) is 0 Å². The molecule has 1 aliphatic rings. The van der Waals surface area contributed by atoms with Gasteiger partial charge in [-0.1, -0.05) is 6.92 Å². The van der Waals surface area contributed by atoms with E-state index in [-0.39, 0.29) is 12.1 Å². The topological polar surface area (TPSA) is 47.4 Å². The van der Waals surface area contributed by atoms with Crippen LogP contribution in [0.1, 0.15) is 26.2 Å². The van der Waals surface area contributed by atoms with Crippen molar-refractivity contribution in [3.63, 3.8) is 0 Å². The van der Waals surface area contributed by atoms with Crippen molar-refractivity contribution in [3.05, 3.63) is 18.7 Å². The normalized spacial score (nSPS) is 20.5. The molecular formula is C12H19N3O2. The third kappa shape index (κ3) is 3.06. The first-order chi connectivity index (χ1) is 8.31. The number of carbonyl (C=O) groups excluding carboxylic acids is 1. The standard InChI is InChI=1S/C12H19N3O2/c1-2-8-17-11-4-3-6-14(9-11)12(16)15-7-5-13-10-15/h5,7,10-11H,2-4,6,8-9H2,1H3. The van der Waals surface area contributed by atoms with Crippen molar-refractivity contribution in [2.24, 2.45) is 0 Å². The van der Waals surface area contributed by atoms with Crippen LogP contribution < -0.4 is 0 Å². The van der Waals surface area contributed by atoms with E-state index in [4.69, 9.17) is 4.74 Å². The van der Waals surface area contributed by atoms with Gasteiger partial charge in [0.15, 0.2) is 0 Å². The van der Waals surface area contributed by atoms with Crippen LogP contribution in [0.25, 0.3) is 0 Å². The second-order valence-corrected chi connectivity index (χ2v) is 4.33. The van der Waals surface area contributed by atoms with Gasteiger partial charge in [-0.15, -0.1) is 0 Å². The molecule has 1 amide bonds. The van der Waals surface area contributed by atoms with E-state index in [1.54, 1.807) is 18.7 Å². The van der Waals surface area contributed by atoms with E-state index in [0.29, 0.717) is 6.54 Å². The number of imidazole rings is 1. The predicted molar refractivity (Wildman–Crippen MR) is 63.9 cm³/mol. The summed E-state index contributed by atoms with van der Waals surface area (Å²) in [5, 5.41) is 0. The number of piperidine rings is 1. The molecule has 1 aromatic heterocycles. The van der Waals surface area contributed by atoms with Crippen LogP contribution in [0.5, 0.6) is 0 Å². The SMILES string of the molecule is CCCOC1CCCN(C(=O)n2ccnc2)C1. The third-order valence-corrected chi connectivity index (χ3v) is 2.93. The largest absolute Gasteiger partial charge is 0.376 e. The molecule has 0 aromatic carbocycles. The Morgan fingerprint density at radius 3 is 3.18 bits per heavy atom. The van der Waals surface area contributed by atoms with Gasteiger partial charge in [-0.05, 0) is 19.3 Å². The van der Waals surface area contributed by atoms with E-state index in [1.165, 1.54) is 4.57 Å². The van der Waals surface area contributed by atoms with Gasteiger partial charge in [0, 0.05) is 32.1 Å². The molecule has 1 fully saturated rings. The maximum atomic E-state index is 12.1. The molecule has 1 saturated heterocycles. The summed E-state index contributed by atoms with van der Waals surface area (Å²) >= 11 is 0. The van der Waals surface area contributed by atoms with E-state index in [2.05, 4.69) is 11.9 Å². The second-order valence-electron chi connectivity index (χ2n) is 4.33. The minimum absolute atomic E-state index is 0.00713. The first-order valence-corrected chi connectivity index (χ1v) is 6.20. The molecule has 5 heteroatoms. The molecule has 2 rings (SSSR count). The van der Waals surface area contributed by atoms with Crippen LogP contribution in [0.15, 0.2) is 18.7 Å². The summed E-state index contributed by atoms with van der Waals surface area (Å²) in [5.41, 5.74) is 0. The van der Waals surface area contributed by atoms with Gasteiger partial charge in [-0.25, -0.2) is 9.78 Å².